The number of aromatic nitrogens is 2. The van der Waals surface area contributed by atoms with Gasteiger partial charge in [0, 0.05) is 13.1 Å². The van der Waals surface area contributed by atoms with Gasteiger partial charge in [-0.2, -0.15) is 5.10 Å². The summed E-state index contributed by atoms with van der Waals surface area (Å²) in [4.78, 5) is 0. The van der Waals surface area contributed by atoms with Gasteiger partial charge in [0.15, 0.2) is 0 Å². The van der Waals surface area contributed by atoms with Crippen LogP contribution in [0.5, 0.6) is 0 Å². The molecule has 2 unspecified atom stereocenters. The van der Waals surface area contributed by atoms with E-state index < -0.39 is 0 Å². The van der Waals surface area contributed by atoms with E-state index in [-0.39, 0.29) is 0 Å². The lowest BCUT2D eigenvalue weighted by atomic mass is 9.84. The maximum atomic E-state index is 4.39. The average Bonchev–Trinajstić information content (AvgIpc) is 2.96. The van der Waals surface area contributed by atoms with E-state index in [1.807, 2.05) is 6.20 Å². The van der Waals surface area contributed by atoms with E-state index in [9.17, 15) is 0 Å². The van der Waals surface area contributed by atoms with Crippen LogP contribution >= 0.6 is 0 Å². The summed E-state index contributed by atoms with van der Waals surface area (Å²) < 4.78 is 2.06. The highest BCUT2D eigenvalue weighted by Gasteiger charge is 2.33. The zero-order chi connectivity index (χ0) is 10.4. The summed E-state index contributed by atoms with van der Waals surface area (Å²) in [5.74, 6) is 0.744. The molecule has 0 aromatic carbocycles. The predicted octanol–water partition coefficient (Wildman–Crippen LogP) is 1.80. The number of hydrogen-bond donors (Lipinski definition) is 1. The van der Waals surface area contributed by atoms with E-state index in [2.05, 4.69) is 29.1 Å². The van der Waals surface area contributed by atoms with E-state index >= 15 is 0 Å². The molecule has 3 rings (SSSR count). The minimum Gasteiger partial charge on any atom is -0.306 e. The van der Waals surface area contributed by atoms with Crippen LogP contribution in [0.2, 0.25) is 0 Å². The summed E-state index contributed by atoms with van der Waals surface area (Å²) in [6.45, 7) is 2.36. The Morgan fingerprint density at radius 1 is 1.40 bits per heavy atom. The van der Waals surface area contributed by atoms with Crippen LogP contribution in [0.15, 0.2) is 6.20 Å². The molecule has 2 aliphatic rings. The van der Waals surface area contributed by atoms with Gasteiger partial charge >= 0.3 is 0 Å². The Bertz CT molecular complexity index is 365. The topological polar surface area (TPSA) is 29.9 Å². The van der Waals surface area contributed by atoms with E-state index in [1.165, 1.54) is 36.9 Å². The lowest BCUT2D eigenvalue weighted by Gasteiger charge is -2.30. The summed E-state index contributed by atoms with van der Waals surface area (Å²) in [6, 6.07) is 1.31. The van der Waals surface area contributed by atoms with Crippen LogP contribution < -0.4 is 5.32 Å². The van der Waals surface area contributed by atoms with E-state index in [4.69, 9.17) is 0 Å². The minimum absolute atomic E-state index is 0.536. The number of rotatable bonds is 2. The quantitative estimate of drug-likeness (QED) is 0.798. The Balaban J connectivity index is 1.92. The van der Waals surface area contributed by atoms with Crippen LogP contribution in [-0.4, -0.2) is 15.8 Å². The lowest BCUT2D eigenvalue weighted by Crippen LogP contribution is -2.33. The fourth-order valence-electron chi connectivity index (χ4n) is 2.65. The molecular weight excluding hydrogens is 186 g/mol. The Kier molecular flexibility index (Phi) is 2.09. The van der Waals surface area contributed by atoms with Crippen LogP contribution in [-0.2, 0) is 13.5 Å². The Labute approximate surface area is 90.9 Å². The molecule has 0 radical (unpaired) electrons. The van der Waals surface area contributed by atoms with Crippen LogP contribution in [0, 0.1) is 5.92 Å². The molecule has 0 bridgehead atoms. The first-order valence-electron chi connectivity index (χ1n) is 6.02. The van der Waals surface area contributed by atoms with Crippen molar-refractivity contribution in [1.82, 2.24) is 15.1 Å². The van der Waals surface area contributed by atoms with Gasteiger partial charge in [0.2, 0.25) is 0 Å². The van der Waals surface area contributed by atoms with Crippen LogP contribution in [0.25, 0.3) is 0 Å². The Hall–Kier alpha value is -0.830. The third-order valence-electron chi connectivity index (χ3n) is 3.79. The molecule has 1 N–H and O–H groups in total. The molecule has 1 fully saturated rings. The number of nitrogens with one attached hydrogen (secondary N) is 1. The van der Waals surface area contributed by atoms with Crippen molar-refractivity contribution in [2.45, 2.75) is 44.7 Å². The number of nitrogens with zero attached hydrogens (tertiary/aromatic N) is 2. The van der Waals surface area contributed by atoms with Crippen LogP contribution in [0.4, 0.5) is 0 Å². The van der Waals surface area contributed by atoms with E-state index in [0.29, 0.717) is 6.04 Å². The van der Waals surface area contributed by atoms with Gasteiger partial charge < -0.3 is 5.32 Å². The number of aryl methyl sites for hydroxylation is 2. The first-order valence-corrected chi connectivity index (χ1v) is 6.02. The zero-order valence-corrected chi connectivity index (χ0v) is 9.53. The fourth-order valence-corrected chi connectivity index (χ4v) is 2.65. The number of fused-ring (bicyclic) bond motifs is 1. The van der Waals surface area contributed by atoms with Crippen molar-refractivity contribution in [3.8, 4) is 0 Å². The highest BCUT2D eigenvalue weighted by atomic mass is 15.3. The average molecular weight is 205 g/mol. The van der Waals surface area contributed by atoms with Gasteiger partial charge in [-0.15, -0.1) is 0 Å². The van der Waals surface area contributed by atoms with Gasteiger partial charge in [0.1, 0.15) is 0 Å². The third kappa shape index (κ3) is 1.59. The van der Waals surface area contributed by atoms with E-state index in [0.717, 1.165) is 12.0 Å². The summed E-state index contributed by atoms with van der Waals surface area (Å²) in [5.41, 5.74) is 2.88. The molecule has 1 aromatic rings. The Morgan fingerprint density at radius 3 is 2.93 bits per heavy atom. The SMILES string of the molecule is CC1CCc2cnn(C)c2C1NC1CC1. The van der Waals surface area contributed by atoms with Crippen molar-refractivity contribution >= 4 is 0 Å². The maximum Gasteiger partial charge on any atom is 0.0585 e. The molecule has 15 heavy (non-hydrogen) atoms. The fraction of sp³-hybridized carbons (Fsp3) is 0.750. The van der Waals surface area contributed by atoms with Gasteiger partial charge in [0.05, 0.1) is 17.9 Å². The summed E-state index contributed by atoms with van der Waals surface area (Å²) in [7, 11) is 2.07. The largest absolute Gasteiger partial charge is 0.306 e. The molecule has 82 valence electrons. The molecule has 1 aromatic heterocycles. The molecule has 1 heterocycles. The smallest absolute Gasteiger partial charge is 0.0585 e. The second kappa shape index (κ2) is 3.34. The van der Waals surface area contributed by atoms with Gasteiger partial charge in [-0.3, -0.25) is 4.68 Å². The standard InChI is InChI=1S/C12H19N3/c1-8-3-4-9-7-13-15(2)12(9)11(8)14-10-5-6-10/h7-8,10-11,14H,3-6H2,1-2H3. The maximum absolute atomic E-state index is 4.39. The van der Waals surface area contributed by atoms with Crippen molar-refractivity contribution in [3.05, 3.63) is 17.5 Å². The minimum atomic E-state index is 0.536. The summed E-state index contributed by atoms with van der Waals surface area (Å²) >= 11 is 0. The highest BCUT2D eigenvalue weighted by Crippen LogP contribution is 2.36. The number of hydrogen-bond acceptors (Lipinski definition) is 2. The summed E-state index contributed by atoms with van der Waals surface area (Å²) in [5, 5.41) is 8.15. The molecule has 0 amide bonds. The van der Waals surface area contributed by atoms with E-state index in [1.54, 1.807) is 0 Å². The summed E-state index contributed by atoms with van der Waals surface area (Å²) in [6.07, 6.45) is 7.26. The molecule has 1 saturated carbocycles. The van der Waals surface area contributed by atoms with Crippen molar-refractivity contribution in [3.63, 3.8) is 0 Å². The predicted molar refractivity (Wildman–Crippen MR) is 59.6 cm³/mol. The highest BCUT2D eigenvalue weighted by molar-refractivity contribution is 5.25. The van der Waals surface area contributed by atoms with Crippen LogP contribution in [0.1, 0.15) is 43.5 Å². The second-order valence-corrected chi connectivity index (χ2v) is 5.11. The van der Waals surface area contributed by atoms with Crippen molar-refractivity contribution in [2.24, 2.45) is 13.0 Å². The normalized spacial score (nSPS) is 30.3. The monoisotopic (exact) mass is 205 g/mol. The first kappa shape index (κ1) is 9.40. The molecular formula is C12H19N3. The first-order chi connectivity index (χ1) is 7.25. The van der Waals surface area contributed by atoms with Crippen molar-refractivity contribution in [2.75, 3.05) is 0 Å². The van der Waals surface area contributed by atoms with Crippen molar-refractivity contribution in [1.29, 1.82) is 0 Å². The van der Waals surface area contributed by atoms with Gasteiger partial charge in [-0.25, -0.2) is 0 Å². The third-order valence-corrected chi connectivity index (χ3v) is 3.79. The second-order valence-electron chi connectivity index (χ2n) is 5.11. The molecule has 3 heteroatoms. The van der Waals surface area contributed by atoms with Gasteiger partial charge in [-0.1, -0.05) is 6.92 Å². The van der Waals surface area contributed by atoms with Gasteiger partial charge in [0.25, 0.3) is 0 Å². The molecule has 3 nitrogen and oxygen atoms in total. The molecule has 0 saturated heterocycles. The lowest BCUT2D eigenvalue weighted by molar-refractivity contribution is 0.326. The Morgan fingerprint density at radius 2 is 2.20 bits per heavy atom. The molecule has 2 aliphatic carbocycles. The molecule has 2 atom stereocenters. The van der Waals surface area contributed by atoms with Gasteiger partial charge in [-0.05, 0) is 37.2 Å². The molecule has 0 spiro atoms. The van der Waals surface area contributed by atoms with Crippen molar-refractivity contribution < 1.29 is 0 Å². The van der Waals surface area contributed by atoms with Crippen LogP contribution in [0.3, 0.4) is 0 Å². The molecule has 0 aliphatic heterocycles. The zero-order valence-electron chi connectivity index (χ0n) is 9.53.